The molecule has 2 nitrogen and oxygen atoms in total. The van der Waals surface area contributed by atoms with Crippen LogP contribution in [-0.4, -0.2) is 5.91 Å². The monoisotopic (exact) mass is 305 g/mol. The average molecular weight is 305 g/mol. The molecule has 0 aliphatic carbocycles. The van der Waals surface area contributed by atoms with Gasteiger partial charge in [-0.3, -0.25) is 4.79 Å². The van der Waals surface area contributed by atoms with Gasteiger partial charge in [0.05, 0.1) is 6.04 Å². The van der Waals surface area contributed by atoms with Crippen molar-refractivity contribution in [2.24, 2.45) is 0 Å². The van der Waals surface area contributed by atoms with Gasteiger partial charge in [-0.05, 0) is 46.7 Å². The van der Waals surface area contributed by atoms with E-state index in [-0.39, 0.29) is 17.8 Å². The third-order valence-electron chi connectivity index (χ3n) is 2.34. The standard InChI is InChI=1S/C10H9FINO/c11-7-5-6(1-2-8(7)12)9-3-4-10(14)13-9/h1-2,5,9H,3-4H2,(H,13,14)/t9-/m1/s1. The van der Waals surface area contributed by atoms with E-state index in [4.69, 9.17) is 0 Å². The largest absolute Gasteiger partial charge is 0.349 e. The molecule has 0 radical (unpaired) electrons. The Balaban J connectivity index is 2.24. The number of rotatable bonds is 1. The molecule has 74 valence electrons. The second-order valence-electron chi connectivity index (χ2n) is 3.33. The Kier molecular flexibility index (Phi) is 2.71. The summed E-state index contributed by atoms with van der Waals surface area (Å²) in [7, 11) is 0. The number of carbonyl (C=O) groups excluding carboxylic acids is 1. The number of halogens is 2. The molecular weight excluding hydrogens is 296 g/mol. The number of nitrogens with one attached hydrogen (secondary N) is 1. The Morgan fingerprint density at radius 2 is 2.29 bits per heavy atom. The predicted molar refractivity (Wildman–Crippen MR) is 59.2 cm³/mol. The summed E-state index contributed by atoms with van der Waals surface area (Å²) in [6, 6.07) is 5.09. The molecule has 1 saturated heterocycles. The van der Waals surface area contributed by atoms with E-state index in [1.807, 2.05) is 28.7 Å². The summed E-state index contributed by atoms with van der Waals surface area (Å²) in [6.07, 6.45) is 1.30. The van der Waals surface area contributed by atoms with Gasteiger partial charge in [0.25, 0.3) is 0 Å². The van der Waals surface area contributed by atoms with Gasteiger partial charge in [-0.15, -0.1) is 0 Å². The molecule has 0 saturated carbocycles. The second kappa shape index (κ2) is 3.84. The van der Waals surface area contributed by atoms with Gasteiger partial charge < -0.3 is 5.32 Å². The zero-order chi connectivity index (χ0) is 10.1. The van der Waals surface area contributed by atoms with Gasteiger partial charge in [0.15, 0.2) is 0 Å². The highest BCUT2D eigenvalue weighted by atomic mass is 127. The first kappa shape index (κ1) is 9.89. The summed E-state index contributed by atoms with van der Waals surface area (Å²) in [6.45, 7) is 0. The van der Waals surface area contributed by atoms with Gasteiger partial charge in [-0.25, -0.2) is 4.39 Å². The number of hydrogen-bond acceptors (Lipinski definition) is 1. The Labute approximate surface area is 95.0 Å². The van der Waals surface area contributed by atoms with Crippen LogP contribution in [0.3, 0.4) is 0 Å². The lowest BCUT2D eigenvalue weighted by atomic mass is 10.1. The summed E-state index contributed by atoms with van der Waals surface area (Å²) >= 11 is 1.95. The lowest BCUT2D eigenvalue weighted by Gasteiger charge is -2.10. The van der Waals surface area contributed by atoms with Crippen LogP contribution in [0.4, 0.5) is 4.39 Å². The lowest BCUT2D eigenvalue weighted by Crippen LogP contribution is -2.18. The maximum Gasteiger partial charge on any atom is 0.220 e. The van der Waals surface area contributed by atoms with Crippen molar-refractivity contribution >= 4 is 28.5 Å². The Morgan fingerprint density at radius 1 is 1.50 bits per heavy atom. The van der Waals surface area contributed by atoms with E-state index >= 15 is 0 Å². The van der Waals surface area contributed by atoms with Crippen LogP contribution in [0.2, 0.25) is 0 Å². The van der Waals surface area contributed by atoms with Crippen molar-refractivity contribution in [1.29, 1.82) is 0 Å². The molecule has 0 bridgehead atoms. The van der Waals surface area contributed by atoms with Gasteiger partial charge in [0.2, 0.25) is 5.91 Å². The van der Waals surface area contributed by atoms with Crippen LogP contribution in [0, 0.1) is 9.39 Å². The summed E-state index contributed by atoms with van der Waals surface area (Å²) in [5.41, 5.74) is 0.855. The van der Waals surface area contributed by atoms with Gasteiger partial charge in [0, 0.05) is 9.99 Å². The van der Waals surface area contributed by atoms with Gasteiger partial charge in [0.1, 0.15) is 5.82 Å². The molecule has 1 aliphatic heterocycles. The zero-order valence-corrected chi connectivity index (χ0v) is 9.55. The highest BCUT2D eigenvalue weighted by molar-refractivity contribution is 14.1. The molecule has 0 unspecified atom stereocenters. The molecular formula is C10H9FINO. The van der Waals surface area contributed by atoms with Gasteiger partial charge in [-0.1, -0.05) is 6.07 Å². The summed E-state index contributed by atoms with van der Waals surface area (Å²) < 4.78 is 13.8. The van der Waals surface area contributed by atoms with Crippen LogP contribution in [0.25, 0.3) is 0 Å². The second-order valence-corrected chi connectivity index (χ2v) is 4.49. The average Bonchev–Trinajstić information content (AvgIpc) is 2.57. The topological polar surface area (TPSA) is 29.1 Å². The minimum absolute atomic E-state index is 0.00556. The van der Waals surface area contributed by atoms with E-state index in [1.54, 1.807) is 6.07 Å². The van der Waals surface area contributed by atoms with Crippen LogP contribution in [0.1, 0.15) is 24.4 Å². The van der Waals surface area contributed by atoms with Crippen molar-refractivity contribution in [2.45, 2.75) is 18.9 Å². The molecule has 14 heavy (non-hydrogen) atoms. The number of carbonyl (C=O) groups is 1. The molecule has 2 rings (SSSR count). The Bertz CT molecular complexity index is 380. The van der Waals surface area contributed by atoms with Crippen LogP contribution in [0.15, 0.2) is 18.2 Å². The van der Waals surface area contributed by atoms with Crippen LogP contribution in [-0.2, 0) is 4.79 Å². The van der Waals surface area contributed by atoms with Crippen LogP contribution < -0.4 is 5.32 Å². The molecule has 1 amide bonds. The maximum atomic E-state index is 13.2. The SMILES string of the molecule is O=C1CC[C@H](c2ccc(I)c(F)c2)N1. The van der Waals surface area contributed by atoms with E-state index in [2.05, 4.69) is 5.32 Å². The third kappa shape index (κ3) is 1.89. The fourth-order valence-corrected chi connectivity index (χ4v) is 1.93. The van der Waals surface area contributed by atoms with Crippen molar-refractivity contribution in [2.75, 3.05) is 0 Å². The highest BCUT2D eigenvalue weighted by Gasteiger charge is 2.22. The number of benzene rings is 1. The van der Waals surface area contributed by atoms with Crippen molar-refractivity contribution in [3.63, 3.8) is 0 Å². The molecule has 4 heteroatoms. The van der Waals surface area contributed by atoms with E-state index in [0.717, 1.165) is 12.0 Å². The molecule has 1 aromatic carbocycles. The fraction of sp³-hybridized carbons (Fsp3) is 0.300. The van der Waals surface area contributed by atoms with E-state index < -0.39 is 0 Å². The van der Waals surface area contributed by atoms with E-state index in [0.29, 0.717) is 9.99 Å². The summed E-state index contributed by atoms with van der Waals surface area (Å²) in [5.74, 6) is -0.168. The van der Waals surface area contributed by atoms with Crippen molar-refractivity contribution in [3.05, 3.63) is 33.1 Å². The van der Waals surface area contributed by atoms with E-state index in [9.17, 15) is 9.18 Å². The first-order valence-electron chi connectivity index (χ1n) is 4.41. The Morgan fingerprint density at radius 3 is 2.86 bits per heavy atom. The molecule has 1 aliphatic rings. The molecule has 1 aromatic rings. The van der Waals surface area contributed by atoms with Crippen LogP contribution in [0.5, 0.6) is 0 Å². The van der Waals surface area contributed by atoms with Crippen LogP contribution >= 0.6 is 22.6 Å². The van der Waals surface area contributed by atoms with Gasteiger partial charge >= 0.3 is 0 Å². The third-order valence-corrected chi connectivity index (χ3v) is 3.22. The quantitative estimate of drug-likeness (QED) is 0.793. The molecule has 0 spiro atoms. The summed E-state index contributed by atoms with van der Waals surface area (Å²) in [5, 5.41) is 2.81. The minimum atomic E-state index is -0.218. The maximum absolute atomic E-state index is 13.2. The van der Waals surface area contributed by atoms with E-state index in [1.165, 1.54) is 6.07 Å². The smallest absolute Gasteiger partial charge is 0.220 e. The molecule has 1 N–H and O–H groups in total. The predicted octanol–water partition coefficient (Wildman–Crippen LogP) is 2.38. The summed E-state index contributed by atoms with van der Waals surface area (Å²) in [4.78, 5) is 11.0. The van der Waals surface area contributed by atoms with Crippen molar-refractivity contribution in [1.82, 2.24) is 5.32 Å². The molecule has 1 fully saturated rings. The first-order valence-corrected chi connectivity index (χ1v) is 5.49. The minimum Gasteiger partial charge on any atom is -0.349 e. The molecule has 1 atom stereocenters. The lowest BCUT2D eigenvalue weighted by molar-refractivity contribution is -0.119. The van der Waals surface area contributed by atoms with Gasteiger partial charge in [-0.2, -0.15) is 0 Å². The van der Waals surface area contributed by atoms with Crippen molar-refractivity contribution < 1.29 is 9.18 Å². The number of amides is 1. The zero-order valence-electron chi connectivity index (χ0n) is 7.39. The molecule has 1 heterocycles. The fourth-order valence-electron chi connectivity index (χ4n) is 1.59. The highest BCUT2D eigenvalue weighted by Crippen LogP contribution is 2.25. The first-order chi connectivity index (χ1) is 6.66. The van der Waals surface area contributed by atoms with Crippen molar-refractivity contribution in [3.8, 4) is 0 Å². The Hall–Kier alpha value is -0.650. The molecule has 0 aromatic heterocycles. The normalized spacial score (nSPS) is 21.0. The number of hydrogen-bond donors (Lipinski definition) is 1.